The minimum atomic E-state index is -0.911. The van der Waals surface area contributed by atoms with E-state index in [1.807, 2.05) is 28.9 Å². The Kier molecular flexibility index (Phi) is 7.30. The van der Waals surface area contributed by atoms with E-state index in [4.69, 9.17) is 19.8 Å². The van der Waals surface area contributed by atoms with E-state index in [2.05, 4.69) is 36.3 Å². The van der Waals surface area contributed by atoms with Gasteiger partial charge in [0.15, 0.2) is 11.5 Å². The molecule has 2 atom stereocenters. The SMILES string of the molecule is CNC(=O)Nc1ccc(-c2nc(N3CCOCC3)c3cnn([C@@H]4CCCN(C(=O)O)C4C(C)(C)C)c3n2)cc1. The number of ether oxygens (including phenoxy) is 1. The predicted octanol–water partition coefficient (Wildman–Crippen LogP) is 3.81. The first-order valence-corrected chi connectivity index (χ1v) is 13.3. The molecular formula is C27H36N8O4. The predicted molar refractivity (Wildman–Crippen MR) is 148 cm³/mol. The number of carboxylic acid groups (broad SMARTS) is 1. The maximum Gasteiger partial charge on any atom is 0.407 e. The highest BCUT2D eigenvalue weighted by atomic mass is 16.5. The largest absolute Gasteiger partial charge is 0.465 e. The van der Waals surface area contributed by atoms with Gasteiger partial charge in [0.05, 0.1) is 36.9 Å². The molecule has 4 heterocycles. The van der Waals surface area contributed by atoms with E-state index < -0.39 is 6.09 Å². The summed E-state index contributed by atoms with van der Waals surface area (Å²) in [5.74, 6) is 1.32. The average Bonchev–Trinajstić information content (AvgIpc) is 3.36. The normalized spacial score (nSPS) is 20.2. The first-order chi connectivity index (χ1) is 18.7. The lowest BCUT2D eigenvalue weighted by atomic mass is 9.77. The number of fused-ring (bicyclic) bond motifs is 1. The lowest BCUT2D eigenvalue weighted by Crippen LogP contribution is -2.54. The van der Waals surface area contributed by atoms with Crippen molar-refractivity contribution in [1.82, 2.24) is 30.0 Å². The Morgan fingerprint density at radius 2 is 1.79 bits per heavy atom. The van der Waals surface area contributed by atoms with E-state index in [0.717, 1.165) is 29.6 Å². The molecule has 12 nitrogen and oxygen atoms in total. The van der Waals surface area contributed by atoms with Gasteiger partial charge in [-0.15, -0.1) is 0 Å². The second-order valence-electron chi connectivity index (χ2n) is 11.1. The summed E-state index contributed by atoms with van der Waals surface area (Å²) in [6.07, 6.45) is 2.44. The molecule has 0 spiro atoms. The van der Waals surface area contributed by atoms with Gasteiger partial charge in [-0.05, 0) is 42.5 Å². The third-order valence-electron chi connectivity index (χ3n) is 7.42. The molecule has 1 unspecified atom stereocenters. The Morgan fingerprint density at radius 1 is 1.08 bits per heavy atom. The number of benzene rings is 1. The van der Waals surface area contributed by atoms with E-state index in [1.165, 1.54) is 0 Å². The van der Waals surface area contributed by atoms with Crippen LogP contribution in [-0.2, 0) is 4.74 Å². The summed E-state index contributed by atoms with van der Waals surface area (Å²) in [6, 6.07) is 6.63. The number of amides is 3. The molecule has 2 aliphatic heterocycles. The van der Waals surface area contributed by atoms with Gasteiger partial charge in [-0.25, -0.2) is 24.2 Å². The Hall–Kier alpha value is -3.93. The monoisotopic (exact) mass is 536 g/mol. The van der Waals surface area contributed by atoms with E-state index >= 15 is 0 Å². The smallest absolute Gasteiger partial charge is 0.407 e. The number of carbonyl (C=O) groups excluding carboxylic acids is 1. The summed E-state index contributed by atoms with van der Waals surface area (Å²) in [6.45, 7) is 9.35. The fourth-order valence-corrected chi connectivity index (χ4v) is 5.69. The molecule has 2 fully saturated rings. The van der Waals surface area contributed by atoms with Crippen molar-refractivity contribution in [1.29, 1.82) is 0 Å². The summed E-state index contributed by atoms with van der Waals surface area (Å²) in [4.78, 5) is 37.7. The minimum Gasteiger partial charge on any atom is -0.465 e. The maximum atomic E-state index is 12.2. The van der Waals surface area contributed by atoms with Crippen LogP contribution in [0.5, 0.6) is 0 Å². The van der Waals surface area contributed by atoms with Crippen LogP contribution >= 0.6 is 0 Å². The quantitative estimate of drug-likeness (QED) is 0.458. The molecule has 0 aliphatic carbocycles. The van der Waals surface area contributed by atoms with Crippen molar-refractivity contribution < 1.29 is 19.4 Å². The average molecular weight is 537 g/mol. The van der Waals surface area contributed by atoms with Crippen LogP contribution in [0.1, 0.15) is 39.7 Å². The molecule has 0 saturated carbocycles. The van der Waals surface area contributed by atoms with Crippen molar-refractivity contribution in [3.05, 3.63) is 30.5 Å². The molecule has 1 aromatic carbocycles. The topological polar surface area (TPSA) is 138 Å². The second kappa shape index (κ2) is 10.7. The molecule has 2 saturated heterocycles. The number of carbonyl (C=O) groups is 2. The number of piperidine rings is 1. The highest BCUT2D eigenvalue weighted by Gasteiger charge is 2.43. The fraction of sp³-hybridized carbons (Fsp3) is 0.519. The third kappa shape index (κ3) is 5.33. The molecular weight excluding hydrogens is 500 g/mol. The van der Waals surface area contributed by atoms with Gasteiger partial charge >= 0.3 is 12.1 Å². The molecule has 2 aromatic heterocycles. The Balaban J connectivity index is 1.62. The molecule has 12 heteroatoms. The molecule has 3 N–H and O–H groups in total. The van der Waals surface area contributed by atoms with Crippen molar-refractivity contribution in [2.24, 2.45) is 5.41 Å². The van der Waals surface area contributed by atoms with Crippen LogP contribution in [0, 0.1) is 5.41 Å². The lowest BCUT2D eigenvalue weighted by Gasteiger charge is -2.46. The van der Waals surface area contributed by atoms with Crippen LogP contribution in [0.25, 0.3) is 22.4 Å². The Labute approximate surface area is 227 Å². The first-order valence-electron chi connectivity index (χ1n) is 13.3. The molecule has 0 radical (unpaired) electrons. The summed E-state index contributed by atoms with van der Waals surface area (Å²) in [5, 5.41) is 21.0. The van der Waals surface area contributed by atoms with Gasteiger partial charge in [0.25, 0.3) is 0 Å². The van der Waals surface area contributed by atoms with Crippen molar-refractivity contribution in [3.8, 4) is 11.4 Å². The molecule has 2 aliphatic rings. The van der Waals surface area contributed by atoms with Crippen LogP contribution in [0.3, 0.4) is 0 Å². The molecule has 0 bridgehead atoms. The van der Waals surface area contributed by atoms with Gasteiger partial charge in [0, 0.05) is 37.9 Å². The zero-order valence-electron chi connectivity index (χ0n) is 22.8. The molecule has 208 valence electrons. The van der Waals surface area contributed by atoms with Crippen LogP contribution in [-0.4, -0.2) is 87.8 Å². The van der Waals surface area contributed by atoms with Crippen LogP contribution in [0.2, 0.25) is 0 Å². The summed E-state index contributed by atoms with van der Waals surface area (Å²) in [5.41, 5.74) is 1.82. The zero-order valence-corrected chi connectivity index (χ0v) is 22.8. The highest BCUT2D eigenvalue weighted by Crippen LogP contribution is 2.40. The van der Waals surface area contributed by atoms with E-state index in [9.17, 15) is 14.7 Å². The van der Waals surface area contributed by atoms with Crippen LogP contribution < -0.4 is 15.5 Å². The maximum absolute atomic E-state index is 12.2. The number of morpholine rings is 1. The van der Waals surface area contributed by atoms with Gasteiger partial charge in [0.2, 0.25) is 0 Å². The van der Waals surface area contributed by atoms with Crippen molar-refractivity contribution in [2.75, 3.05) is 50.1 Å². The van der Waals surface area contributed by atoms with Gasteiger partial charge in [0.1, 0.15) is 5.82 Å². The van der Waals surface area contributed by atoms with Gasteiger partial charge < -0.3 is 30.3 Å². The number of rotatable bonds is 4. The van der Waals surface area contributed by atoms with Gasteiger partial charge in [-0.1, -0.05) is 20.8 Å². The van der Waals surface area contributed by atoms with Crippen molar-refractivity contribution in [2.45, 2.75) is 45.7 Å². The van der Waals surface area contributed by atoms with Gasteiger partial charge in [-0.3, -0.25) is 0 Å². The van der Waals surface area contributed by atoms with Crippen LogP contribution in [0.4, 0.5) is 21.1 Å². The molecule has 39 heavy (non-hydrogen) atoms. The Bertz CT molecular complexity index is 1340. The lowest BCUT2D eigenvalue weighted by molar-refractivity contribution is 0.0248. The summed E-state index contributed by atoms with van der Waals surface area (Å²) in [7, 11) is 1.56. The molecule has 3 amide bonds. The first kappa shape index (κ1) is 26.7. The minimum absolute atomic E-state index is 0.174. The van der Waals surface area contributed by atoms with E-state index in [0.29, 0.717) is 50.0 Å². The second-order valence-corrected chi connectivity index (χ2v) is 11.1. The number of anilines is 2. The third-order valence-corrected chi connectivity index (χ3v) is 7.42. The highest BCUT2D eigenvalue weighted by molar-refractivity contribution is 5.90. The van der Waals surface area contributed by atoms with Crippen LogP contribution in [0.15, 0.2) is 30.5 Å². The van der Waals surface area contributed by atoms with Gasteiger partial charge in [-0.2, -0.15) is 5.10 Å². The molecule has 3 aromatic rings. The summed E-state index contributed by atoms with van der Waals surface area (Å²) >= 11 is 0. The number of hydrogen-bond donors (Lipinski definition) is 3. The number of likely N-dealkylation sites (tertiary alicyclic amines) is 1. The molecule has 5 rings (SSSR count). The number of aromatic nitrogens is 4. The van der Waals surface area contributed by atoms with Crippen molar-refractivity contribution in [3.63, 3.8) is 0 Å². The number of nitrogens with one attached hydrogen (secondary N) is 2. The fourth-order valence-electron chi connectivity index (χ4n) is 5.69. The summed E-state index contributed by atoms with van der Waals surface area (Å²) < 4.78 is 7.50. The van der Waals surface area contributed by atoms with Crippen molar-refractivity contribution >= 4 is 34.7 Å². The number of hydrogen-bond acceptors (Lipinski definition) is 7. The number of urea groups is 1. The zero-order chi connectivity index (χ0) is 27.7. The van der Waals surface area contributed by atoms with E-state index in [-0.39, 0.29) is 23.5 Å². The standard InChI is InChI=1S/C27H36N8O4/c1-27(2,3)21-20(6-5-11-34(21)26(37)38)35-24-19(16-29-35)23(33-12-14-39-15-13-33)31-22(32-24)17-7-9-18(10-8-17)30-25(36)28-4/h7-10,16,20-21H,5-6,11-15H2,1-4H3,(H,37,38)(H2,28,30,36)/t20-,21?/m1/s1. The van der Waals surface area contributed by atoms with E-state index in [1.54, 1.807) is 18.1 Å². The Morgan fingerprint density at radius 3 is 2.44 bits per heavy atom. The number of nitrogens with zero attached hydrogens (tertiary/aromatic N) is 6.